The topological polar surface area (TPSA) is 24.5 Å². The van der Waals surface area contributed by atoms with Crippen LogP contribution in [0.25, 0.3) is 0 Å². The van der Waals surface area contributed by atoms with Crippen LogP contribution >= 0.6 is 0 Å². The van der Waals surface area contributed by atoms with Crippen LogP contribution in [-0.2, 0) is 4.74 Å². The van der Waals surface area contributed by atoms with Crippen LogP contribution in [-0.4, -0.2) is 50.3 Å². The molecule has 3 heteroatoms. The maximum absolute atomic E-state index is 5.42. The highest BCUT2D eigenvalue weighted by Crippen LogP contribution is 2.12. The Morgan fingerprint density at radius 3 is 2.69 bits per heavy atom. The van der Waals surface area contributed by atoms with Gasteiger partial charge in [-0.05, 0) is 39.3 Å². The molecule has 0 aliphatic carbocycles. The molecule has 2 atom stereocenters. The van der Waals surface area contributed by atoms with E-state index in [9.17, 15) is 0 Å². The van der Waals surface area contributed by atoms with Crippen molar-refractivity contribution in [3.63, 3.8) is 0 Å². The summed E-state index contributed by atoms with van der Waals surface area (Å²) in [5.41, 5.74) is 0. The van der Waals surface area contributed by atoms with Gasteiger partial charge in [0.05, 0.1) is 6.61 Å². The summed E-state index contributed by atoms with van der Waals surface area (Å²) in [7, 11) is 2.22. The molecule has 0 radical (unpaired) electrons. The molecule has 2 unspecified atom stereocenters. The van der Waals surface area contributed by atoms with E-state index in [2.05, 4.69) is 38.0 Å². The summed E-state index contributed by atoms with van der Waals surface area (Å²) in [6, 6.07) is 1.22. The van der Waals surface area contributed by atoms with Crippen LogP contribution in [0.4, 0.5) is 0 Å². The third kappa shape index (κ3) is 4.81. The van der Waals surface area contributed by atoms with Crippen LogP contribution in [0.15, 0.2) is 0 Å². The molecule has 1 fully saturated rings. The summed E-state index contributed by atoms with van der Waals surface area (Å²) in [5, 5.41) is 3.54. The Morgan fingerprint density at radius 2 is 2.12 bits per heavy atom. The molecule has 1 N–H and O–H groups in total. The predicted molar refractivity (Wildman–Crippen MR) is 68.8 cm³/mol. The van der Waals surface area contributed by atoms with Crippen LogP contribution in [0.5, 0.6) is 0 Å². The molecular formula is C13H28N2O. The minimum absolute atomic E-state index is 0.596. The largest absolute Gasteiger partial charge is 0.380 e. The molecule has 1 aliphatic heterocycles. The molecule has 3 nitrogen and oxygen atoms in total. The summed E-state index contributed by atoms with van der Waals surface area (Å²) in [6.07, 6.45) is 2.45. The Morgan fingerprint density at radius 1 is 1.38 bits per heavy atom. The monoisotopic (exact) mass is 228 g/mol. The average Bonchev–Trinajstić information content (AvgIpc) is 2.76. The van der Waals surface area contributed by atoms with Crippen molar-refractivity contribution in [1.82, 2.24) is 10.2 Å². The van der Waals surface area contributed by atoms with E-state index in [0.717, 1.165) is 32.2 Å². The van der Waals surface area contributed by atoms with Gasteiger partial charge in [0, 0.05) is 25.2 Å². The Balaban J connectivity index is 2.10. The maximum atomic E-state index is 5.42. The van der Waals surface area contributed by atoms with Crippen LogP contribution in [0.3, 0.4) is 0 Å². The molecule has 1 aliphatic rings. The second kappa shape index (κ2) is 7.25. The molecule has 0 amide bonds. The lowest BCUT2D eigenvalue weighted by molar-refractivity contribution is 0.137. The molecule has 0 aromatic carbocycles. The number of nitrogens with one attached hydrogen (secondary N) is 1. The molecule has 0 saturated carbocycles. The van der Waals surface area contributed by atoms with E-state index in [0.29, 0.717) is 12.1 Å². The number of hydrogen-bond donors (Lipinski definition) is 1. The molecule has 1 saturated heterocycles. The SMILES string of the molecule is CC(C)CCNCC(C)N(C)C1CCOC1. The summed E-state index contributed by atoms with van der Waals surface area (Å²) < 4.78 is 5.42. The lowest BCUT2D eigenvalue weighted by Crippen LogP contribution is -2.44. The quantitative estimate of drug-likeness (QED) is 0.672. The zero-order chi connectivity index (χ0) is 12.0. The van der Waals surface area contributed by atoms with Crippen LogP contribution in [0.2, 0.25) is 0 Å². The van der Waals surface area contributed by atoms with Gasteiger partial charge >= 0.3 is 0 Å². The molecule has 1 rings (SSSR count). The lowest BCUT2D eigenvalue weighted by Gasteiger charge is -2.29. The number of likely N-dealkylation sites (N-methyl/N-ethyl adjacent to an activating group) is 1. The van der Waals surface area contributed by atoms with Gasteiger partial charge in [-0.25, -0.2) is 0 Å². The number of nitrogens with zero attached hydrogens (tertiary/aromatic N) is 1. The number of ether oxygens (including phenoxy) is 1. The van der Waals surface area contributed by atoms with Gasteiger partial charge in [0.2, 0.25) is 0 Å². The van der Waals surface area contributed by atoms with Crippen molar-refractivity contribution in [2.75, 3.05) is 33.4 Å². The van der Waals surface area contributed by atoms with E-state index in [-0.39, 0.29) is 0 Å². The van der Waals surface area contributed by atoms with Crippen molar-refractivity contribution >= 4 is 0 Å². The van der Waals surface area contributed by atoms with Crippen molar-refractivity contribution in [3.8, 4) is 0 Å². The van der Waals surface area contributed by atoms with Gasteiger partial charge in [-0.1, -0.05) is 13.8 Å². The minimum Gasteiger partial charge on any atom is -0.380 e. The molecular weight excluding hydrogens is 200 g/mol. The van der Waals surface area contributed by atoms with Crippen molar-refractivity contribution < 1.29 is 4.74 Å². The predicted octanol–water partition coefficient (Wildman–Crippen LogP) is 1.73. The molecule has 0 aromatic rings. The Kier molecular flexibility index (Phi) is 6.32. The van der Waals surface area contributed by atoms with E-state index in [1.54, 1.807) is 0 Å². The van der Waals surface area contributed by atoms with Gasteiger partial charge < -0.3 is 10.1 Å². The van der Waals surface area contributed by atoms with Crippen molar-refractivity contribution in [1.29, 1.82) is 0 Å². The Labute approximate surface area is 101 Å². The molecule has 96 valence electrons. The first kappa shape index (κ1) is 13.9. The van der Waals surface area contributed by atoms with Crippen LogP contribution in [0, 0.1) is 5.92 Å². The van der Waals surface area contributed by atoms with Crippen LogP contribution < -0.4 is 5.32 Å². The summed E-state index contributed by atoms with van der Waals surface area (Å²) in [5.74, 6) is 0.795. The fourth-order valence-electron chi connectivity index (χ4n) is 2.05. The third-order valence-electron chi connectivity index (χ3n) is 3.52. The van der Waals surface area contributed by atoms with Gasteiger partial charge in [0.1, 0.15) is 0 Å². The lowest BCUT2D eigenvalue weighted by atomic mass is 10.1. The smallest absolute Gasteiger partial charge is 0.0622 e. The first-order valence-electron chi connectivity index (χ1n) is 6.61. The number of hydrogen-bond acceptors (Lipinski definition) is 3. The molecule has 0 spiro atoms. The second-order valence-electron chi connectivity index (χ2n) is 5.42. The van der Waals surface area contributed by atoms with E-state index in [4.69, 9.17) is 4.74 Å². The Hall–Kier alpha value is -0.120. The molecule has 1 heterocycles. The summed E-state index contributed by atoms with van der Waals surface area (Å²) in [6.45, 7) is 10.9. The van der Waals surface area contributed by atoms with E-state index < -0.39 is 0 Å². The number of rotatable bonds is 7. The highest BCUT2D eigenvalue weighted by Gasteiger charge is 2.23. The van der Waals surface area contributed by atoms with Gasteiger partial charge in [-0.15, -0.1) is 0 Å². The van der Waals surface area contributed by atoms with E-state index >= 15 is 0 Å². The normalized spacial score (nSPS) is 23.2. The van der Waals surface area contributed by atoms with E-state index in [1.165, 1.54) is 12.8 Å². The first-order chi connectivity index (χ1) is 7.61. The highest BCUT2D eigenvalue weighted by atomic mass is 16.5. The Bertz CT molecular complexity index is 179. The fraction of sp³-hybridized carbons (Fsp3) is 1.00. The highest BCUT2D eigenvalue weighted by molar-refractivity contribution is 4.78. The first-order valence-corrected chi connectivity index (χ1v) is 6.61. The van der Waals surface area contributed by atoms with Crippen molar-refractivity contribution in [2.24, 2.45) is 5.92 Å². The zero-order valence-corrected chi connectivity index (χ0v) is 11.3. The fourth-order valence-corrected chi connectivity index (χ4v) is 2.05. The average molecular weight is 228 g/mol. The van der Waals surface area contributed by atoms with Crippen molar-refractivity contribution in [3.05, 3.63) is 0 Å². The van der Waals surface area contributed by atoms with Gasteiger partial charge in [-0.2, -0.15) is 0 Å². The van der Waals surface area contributed by atoms with E-state index in [1.807, 2.05) is 0 Å². The zero-order valence-electron chi connectivity index (χ0n) is 11.3. The second-order valence-corrected chi connectivity index (χ2v) is 5.42. The molecule has 0 bridgehead atoms. The minimum atomic E-state index is 0.596. The van der Waals surface area contributed by atoms with Crippen molar-refractivity contribution in [2.45, 2.75) is 45.7 Å². The summed E-state index contributed by atoms with van der Waals surface area (Å²) >= 11 is 0. The van der Waals surface area contributed by atoms with Gasteiger partial charge in [0.25, 0.3) is 0 Å². The van der Waals surface area contributed by atoms with Gasteiger partial charge in [0.15, 0.2) is 0 Å². The maximum Gasteiger partial charge on any atom is 0.0622 e. The summed E-state index contributed by atoms with van der Waals surface area (Å²) in [4.78, 5) is 2.45. The molecule has 0 aromatic heterocycles. The van der Waals surface area contributed by atoms with Gasteiger partial charge in [-0.3, -0.25) is 4.90 Å². The third-order valence-corrected chi connectivity index (χ3v) is 3.52. The van der Waals surface area contributed by atoms with Crippen LogP contribution in [0.1, 0.15) is 33.6 Å². The molecule has 16 heavy (non-hydrogen) atoms. The standard InChI is InChI=1S/C13H28N2O/c1-11(2)5-7-14-9-12(3)15(4)13-6-8-16-10-13/h11-14H,5-10H2,1-4H3.